The number of nitrogens with one attached hydrogen (secondary N) is 1. The lowest BCUT2D eigenvalue weighted by molar-refractivity contribution is 0.602. The van der Waals surface area contributed by atoms with Crippen molar-refractivity contribution >= 4 is 26.7 Å². The largest absolute Gasteiger partial charge is 0.383 e. The molecule has 4 rings (SSSR count). The van der Waals surface area contributed by atoms with Crippen LogP contribution in [0.15, 0.2) is 59.6 Å². The average molecular weight is 382 g/mol. The molecule has 0 saturated carbocycles. The molecule has 2 heterocycles. The first-order valence-electron chi connectivity index (χ1n) is 8.03. The van der Waals surface area contributed by atoms with E-state index in [0.29, 0.717) is 33.5 Å². The average Bonchev–Trinajstić information content (AvgIpc) is 3.04. The number of nitrogens with zero attached hydrogens (tertiary/aromatic N) is 2. The lowest BCUT2D eigenvalue weighted by Gasteiger charge is -2.06. The highest BCUT2D eigenvalue weighted by Gasteiger charge is 2.14. The number of nitrogens with two attached hydrogens (primary N) is 1. The first kappa shape index (κ1) is 17.2. The molecular formula is C19H15FN4O2S. The first-order valence-corrected chi connectivity index (χ1v) is 9.92. The maximum absolute atomic E-state index is 13.5. The van der Waals surface area contributed by atoms with E-state index in [2.05, 4.69) is 15.0 Å². The van der Waals surface area contributed by atoms with Gasteiger partial charge in [0.25, 0.3) is 0 Å². The molecule has 0 fully saturated rings. The van der Waals surface area contributed by atoms with Crippen molar-refractivity contribution < 1.29 is 12.8 Å². The fourth-order valence-electron chi connectivity index (χ4n) is 2.84. The van der Waals surface area contributed by atoms with E-state index in [4.69, 9.17) is 5.73 Å². The van der Waals surface area contributed by atoms with E-state index in [1.165, 1.54) is 24.3 Å². The molecule has 2 aromatic carbocycles. The highest BCUT2D eigenvalue weighted by molar-refractivity contribution is 7.90. The number of rotatable bonds is 3. The summed E-state index contributed by atoms with van der Waals surface area (Å²) >= 11 is 0. The van der Waals surface area contributed by atoms with Crippen LogP contribution in [0.3, 0.4) is 0 Å². The summed E-state index contributed by atoms with van der Waals surface area (Å²) in [6.07, 6.45) is 2.72. The molecule has 0 spiro atoms. The number of fused-ring (bicyclic) bond motifs is 1. The second-order valence-electron chi connectivity index (χ2n) is 6.20. The van der Waals surface area contributed by atoms with Crippen molar-refractivity contribution in [3.8, 4) is 22.5 Å². The summed E-state index contributed by atoms with van der Waals surface area (Å²) in [6.45, 7) is 0. The van der Waals surface area contributed by atoms with E-state index in [1.54, 1.807) is 30.5 Å². The standard InChI is InChI=1S/C19H15FN4O2S/c1-27(25,26)14-5-6-16-17(9-14)24-19(23-16)15-8-12(10-22-18(15)21)11-3-2-4-13(20)7-11/h2-10H,1H3,(H2,21,22)(H,23,24). The Morgan fingerprint density at radius 2 is 1.89 bits per heavy atom. The number of aromatic nitrogens is 3. The van der Waals surface area contributed by atoms with Crippen LogP contribution in [-0.4, -0.2) is 29.6 Å². The topological polar surface area (TPSA) is 102 Å². The molecule has 0 aliphatic heterocycles. The molecule has 0 unspecified atom stereocenters. The van der Waals surface area contributed by atoms with Crippen molar-refractivity contribution in [1.29, 1.82) is 0 Å². The molecule has 0 saturated heterocycles. The number of imidazole rings is 1. The first-order chi connectivity index (χ1) is 12.8. The Morgan fingerprint density at radius 3 is 2.63 bits per heavy atom. The molecule has 0 bridgehead atoms. The minimum Gasteiger partial charge on any atom is -0.383 e. The van der Waals surface area contributed by atoms with Gasteiger partial charge in [0, 0.05) is 18.0 Å². The highest BCUT2D eigenvalue weighted by Crippen LogP contribution is 2.30. The van der Waals surface area contributed by atoms with Crippen LogP contribution in [0, 0.1) is 5.82 Å². The number of halogens is 1. The zero-order valence-corrected chi connectivity index (χ0v) is 15.1. The van der Waals surface area contributed by atoms with Gasteiger partial charge in [-0.2, -0.15) is 0 Å². The van der Waals surface area contributed by atoms with Crippen LogP contribution in [0.5, 0.6) is 0 Å². The van der Waals surface area contributed by atoms with E-state index in [1.807, 2.05) is 0 Å². The minimum absolute atomic E-state index is 0.199. The number of hydrogen-bond donors (Lipinski definition) is 2. The van der Waals surface area contributed by atoms with Crippen molar-refractivity contribution in [1.82, 2.24) is 15.0 Å². The molecule has 0 aliphatic carbocycles. The van der Waals surface area contributed by atoms with Crippen molar-refractivity contribution in [3.63, 3.8) is 0 Å². The van der Waals surface area contributed by atoms with Crippen molar-refractivity contribution in [2.45, 2.75) is 4.90 Å². The molecule has 0 atom stereocenters. The molecule has 0 amide bonds. The quantitative estimate of drug-likeness (QED) is 0.565. The van der Waals surface area contributed by atoms with Gasteiger partial charge in [-0.15, -0.1) is 0 Å². The molecule has 4 aromatic rings. The van der Waals surface area contributed by atoms with Crippen LogP contribution >= 0.6 is 0 Å². The van der Waals surface area contributed by atoms with E-state index < -0.39 is 9.84 Å². The molecule has 8 heteroatoms. The fraction of sp³-hybridized carbons (Fsp3) is 0.0526. The van der Waals surface area contributed by atoms with Crippen molar-refractivity contribution in [3.05, 3.63) is 60.5 Å². The number of benzene rings is 2. The summed E-state index contributed by atoms with van der Waals surface area (Å²) in [5.74, 6) is 0.374. The molecule has 136 valence electrons. The summed E-state index contributed by atoms with van der Waals surface area (Å²) in [7, 11) is -3.32. The molecule has 3 N–H and O–H groups in total. The fourth-order valence-corrected chi connectivity index (χ4v) is 3.49. The third-order valence-corrected chi connectivity index (χ3v) is 5.32. The van der Waals surface area contributed by atoms with Gasteiger partial charge < -0.3 is 10.7 Å². The van der Waals surface area contributed by atoms with Crippen LogP contribution in [0.25, 0.3) is 33.5 Å². The van der Waals surface area contributed by atoms with Gasteiger partial charge in [0.2, 0.25) is 0 Å². The molecule has 0 radical (unpaired) electrons. The van der Waals surface area contributed by atoms with Gasteiger partial charge in [-0.3, -0.25) is 0 Å². The summed E-state index contributed by atoms with van der Waals surface area (Å²) in [6, 6.07) is 12.6. The molecule has 2 aromatic heterocycles. The van der Waals surface area contributed by atoms with E-state index in [9.17, 15) is 12.8 Å². The lowest BCUT2D eigenvalue weighted by Crippen LogP contribution is -1.96. The third kappa shape index (κ3) is 3.26. The molecule has 0 aliphatic rings. The Hall–Kier alpha value is -3.26. The van der Waals surface area contributed by atoms with Crippen LogP contribution in [-0.2, 0) is 9.84 Å². The van der Waals surface area contributed by atoms with Gasteiger partial charge in [-0.1, -0.05) is 12.1 Å². The zero-order valence-electron chi connectivity index (χ0n) is 14.3. The highest BCUT2D eigenvalue weighted by atomic mass is 32.2. The van der Waals surface area contributed by atoms with Gasteiger partial charge in [0.1, 0.15) is 17.5 Å². The third-order valence-electron chi connectivity index (χ3n) is 4.21. The summed E-state index contributed by atoms with van der Waals surface area (Å²) in [5, 5.41) is 0. The number of sulfone groups is 1. The summed E-state index contributed by atoms with van der Waals surface area (Å²) in [5.41, 5.74) is 9.09. The number of pyridine rings is 1. The van der Waals surface area contributed by atoms with E-state index in [-0.39, 0.29) is 16.5 Å². The van der Waals surface area contributed by atoms with Gasteiger partial charge in [-0.25, -0.2) is 22.8 Å². The van der Waals surface area contributed by atoms with Gasteiger partial charge in [-0.05, 0) is 42.0 Å². The summed E-state index contributed by atoms with van der Waals surface area (Å²) in [4.78, 5) is 11.9. The number of nitrogen functional groups attached to an aromatic ring is 1. The van der Waals surface area contributed by atoms with Crippen LogP contribution < -0.4 is 5.73 Å². The van der Waals surface area contributed by atoms with Gasteiger partial charge in [0.05, 0.1) is 21.5 Å². The van der Waals surface area contributed by atoms with Crippen molar-refractivity contribution in [2.24, 2.45) is 0 Å². The molecular weight excluding hydrogens is 367 g/mol. The van der Waals surface area contributed by atoms with Gasteiger partial charge in [0.15, 0.2) is 9.84 Å². The predicted molar refractivity (Wildman–Crippen MR) is 102 cm³/mol. The maximum Gasteiger partial charge on any atom is 0.175 e. The Labute approximate surface area is 154 Å². The van der Waals surface area contributed by atoms with Crippen LogP contribution in [0.1, 0.15) is 0 Å². The Bertz CT molecular complexity index is 1280. The van der Waals surface area contributed by atoms with Gasteiger partial charge >= 0.3 is 0 Å². The zero-order chi connectivity index (χ0) is 19.2. The van der Waals surface area contributed by atoms with Crippen LogP contribution in [0.2, 0.25) is 0 Å². The predicted octanol–water partition coefficient (Wildman–Crippen LogP) is 3.42. The lowest BCUT2D eigenvalue weighted by atomic mass is 10.1. The Balaban J connectivity index is 1.84. The van der Waals surface area contributed by atoms with Crippen LogP contribution in [0.4, 0.5) is 10.2 Å². The number of aromatic amines is 1. The minimum atomic E-state index is -3.32. The normalized spacial score (nSPS) is 11.8. The smallest absolute Gasteiger partial charge is 0.175 e. The number of H-pyrrole nitrogens is 1. The monoisotopic (exact) mass is 382 g/mol. The van der Waals surface area contributed by atoms with E-state index in [0.717, 1.165) is 6.26 Å². The second-order valence-corrected chi connectivity index (χ2v) is 8.22. The Morgan fingerprint density at radius 1 is 1.07 bits per heavy atom. The molecule has 6 nitrogen and oxygen atoms in total. The van der Waals surface area contributed by atoms with Crippen molar-refractivity contribution in [2.75, 3.05) is 12.0 Å². The second kappa shape index (κ2) is 6.17. The van der Waals surface area contributed by atoms with E-state index >= 15 is 0 Å². The number of anilines is 1. The Kier molecular flexibility index (Phi) is 3.92. The maximum atomic E-state index is 13.5. The summed E-state index contributed by atoms with van der Waals surface area (Å²) < 4.78 is 37.0. The SMILES string of the molecule is CS(=O)(=O)c1ccc2nc(-c3cc(-c4cccc(F)c4)cnc3N)[nH]c2c1. The molecule has 27 heavy (non-hydrogen) atoms. The number of hydrogen-bond acceptors (Lipinski definition) is 5.